The lowest BCUT2D eigenvalue weighted by molar-refractivity contribution is 0.262. The summed E-state index contributed by atoms with van der Waals surface area (Å²) in [6.07, 6.45) is 1.64. The molecule has 2 amide bonds. The van der Waals surface area contributed by atoms with E-state index in [1.165, 1.54) is 11.3 Å². The van der Waals surface area contributed by atoms with Crippen molar-refractivity contribution in [1.82, 2.24) is 9.97 Å². The van der Waals surface area contributed by atoms with Gasteiger partial charge >= 0.3 is 6.03 Å². The van der Waals surface area contributed by atoms with E-state index in [0.29, 0.717) is 44.4 Å². The van der Waals surface area contributed by atoms with Crippen molar-refractivity contribution in [2.75, 3.05) is 24.9 Å². The number of amides is 2. The van der Waals surface area contributed by atoms with E-state index in [0.717, 1.165) is 11.1 Å². The molecule has 0 fully saturated rings. The van der Waals surface area contributed by atoms with Gasteiger partial charge in [0.05, 0.1) is 36.1 Å². The normalized spacial score (nSPS) is 10.6. The largest absolute Gasteiger partial charge is 0.493 e. The van der Waals surface area contributed by atoms with Gasteiger partial charge in [-0.3, -0.25) is 10.3 Å². The van der Waals surface area contributed by atoms with Gasteiger partial charge in [0.15, 0.2) is 16.6 Å². The molecule has 2 aromatic carbocycles. The molecule has 4 rings (SSSR count). The fourth-order valence-electron chi connectivity index (χ4n) is 2.99. The highest BCUT2D eigenvalue weighted by Gasteiger charge is 2.13. The summed E-state index contributed by atoms with van der Waals surface area (Å²) in [6.45, 7) is 1.85. The first kappa shape index (κ1) is 21.7. The molecule has 2 heterocycles. The number of thiazole rings is 1. The second kappa shape index (κ2) is 9.29. The molecule has 0 saturated carbocycles. The summed E-state index contributed by atoms with van der Waals surface area (Å²) < 4.78 is 16.8. The van der Waals surface area contributed by atoms with Gasteiger partial charge in [-0.05, 0) is 31.2 Å². The van der Waals surface area contributed by atoms with Crippen LogP contribution in [0.15, 0.2) is 48.0 Å². The standard InChI is InChI=1S/C22H19ClN4O4S/c1-12-11-32-22(25-12)27-21(28)26-16-5-4-13(8-15(16)23)31-18-6-7-24-17-10-20(30-3)19(29-2)9-14(17)18/h4-11H,1-3H3,(H2,25,26,27,28). The summed E-state index contributed by atoms with van der Waals surface area (Å²) in [5, 5.41) is 8.81. The zero-order valence-corrected chi connectivity index (χ0v) is 19.0. The van der Waals surface area contributed by atoms with Crippen molar-refractivity contribution in [2.45, 2.75) is 6.92 Å². The number of aryl methyl sites for hydroxylation is 1. The maximum absolute atomic E-state index is 12.2. The van der Waals surface area contributed by atoms with Gasteiger partial charge in [0.1, 0.15) is 11.5 Å². The smallest absolute Gasteiger partial charge is 0.325 e. The second-order valence-electron chi connectivity index (χ2n) is 6.65. The van der Waals surface area contributed by atoms with E-state index in [9.17, 15) is 4.79 Å². The van der Waals surface area contributed by atoms with Crippen LogP contribution in [-0.2, 0) is 0 Å². The van der Waals surface area contributed by atoms with E-state index < -0.39 is 6.03 Å². The predicted octanol–water partition coefficient (Wildman–Crippen LogP) is 6.11. The third-order valence-electron chi connectivity index (χ3n) is 4.46. The third-order valence-corrected chi connectivity index (χ3v) is 5.65. The fraction of sp³-hybridized carbons (Fsp3) is 0.136. The number of carbonyl (C=O) groups is 1. The number of pyridine rings is 1. The van der Waals surface area contributed by atoms with Crippen LogP contribution in [-0.4, -0.2) is 30.2 Å². The average molecular weight is 471 g/mol. The van der Waals surface area contributed by atoms with Crippen LogP contribution >= 0.6 is 22.9 Å². The van der Waals surface area contributed by atoms with Gasteiger partial charge < -0.3 is 19.5 Å². The molecule has 0 radical (unpaired) electrons. The van der Waals surface area contributed by atoms with Crippen LogP contribution in [0.3, 0.4) is 0 Å². The first-order valence-electron chi connectivity index (χ1n) is 9.45. The van der Waals surface area contributed by atoms with Crippen LogP contribution in [0.1, 0.15) is 5.69 Å². The van der Waals surface area contributed by atoms with E-state index >= 15 is 0 Å². The molecule has 0 aliphatic carbocycles. The van der Waals surface area contributed by atoms with Gasteiger partial charge in [-0.25, -0.2) is 9.78 Å². The number of benzene rings is 2. The summed E-state index contributed by atoms with van der Waals surface area (Å²) in [7, 11) is 3.14. The number of carbonyl (C=O) groups excluding carboxylic acids is 1. The zero-order valence-electron chi connectivity index (χ0n) is 17.4. The highest BCUT2D eigenvalue weighted by Crippen LogP contribution is 2.37. The van der Waals surface area contributed by atoms with E-state index in [-0.39, 0.29) is 0 Å². The maximum atomic E-state index is 12.2. The molecule has 8 nitrogen and oxygen atoms in total. The Hall–Kier alpha value is -3.56. The maximum Gasteiger partial charge on any atom is 0.325 e. The van der Waals surface area contributed by atoms with Gasteiger partial charge in [0, 0.05) is 29.1 Å². The number of methoxy groups -OCH3 is 2. The quantitative estimate of drug-likeness (QED) is 0.353. The molecule has 2 aromatic heterocycles. The molecule has 0 aliphatic heterocycles. The van der Waals surface area contributed by atoms with E-state index in [1.54, 1.807) is 56.8 Å². The number of fused-ring (bicyclic) bond motifs is 1. The van der Waals surface area contributed by atoms with Crippen molar-refractivity contribution >= 4 is 50.7 Å². The third kappa shape index (κ3) is 4.68. The number of ether oxygens (including phenoxy) is 3. The topological polar surface area (TPSA) is 94.6 Å². The first-order chi connectivity index (χ1) is 15.5. The van der Waals surface area contributed by atoms with Gasteiger partial charge in [0.25, 0.3) is 0 Å². The van der Waals surface area contributed by atoms with Crippen LogP contribution in [0.2, 0.25) is 5.02 Å². The molecule has 0 aliphatic rings. The lowest BCUT2D eigenvalue weighted by Gasteiger charge is -2.13. The molecule has 10 heteroatoms. The molecule has 4 aromatic rings. The molecule has 0 spiro atoms. The van der Waals surface area contributed by atoms with Crippen LogP contribution < -0.4 is 24.8 Å². The Balaban J connectivity index is 1.53. The number of hydrogen-bond acceptors (Lipinski definition) is 7. The number of nitrogens with one attached hydrogen (secondary N) is 2. The SMILES string of the molecule is COc1cc2nccc(Oc3ccc(NC(=O)Nc4nc(C)cs4)c(Cl)c3)c2cc1OC. The zero-order chi connectivity index (χ0) is 22.7. The summed E-state index contributed by atoms with van der Waals surface area (Å²) in [5.74, 6) is 2.22. The van der Waals surface area contributed by atoms with Gasteiger partial charge in [-0.2, -0.15) is 0 Å². The Morgan fingerprint density at radius 2 is 1.81 bits per heavy atom. The Labute approximate surface area is 193 Å². The molecule has 0 bridgehead atoms. The summed E-state index contributed by atoms with van der Waals surface area (Å²) in [5.41, 5.74) is 1.97. The minimum Gasteiger partial charge on any atom is -0.493 e. The van der Waals surface area contributed by atoms with Gasteiger partial charge in [-0.15, -0.1) is 11.3 Å². The average Bonchev–Trinajstić information content (AvgIpc) is 3.19. The number of rotatable bonds is 6. The highest BCUT2D eigenvalue weighted by molar-refractivity contribution is 7.13. The highest BCUT2D eigenvalue weighted by atomic mass is 35.5. The lowest BCUT2D eigenvalue weighted by Crippen LogP contribution is -2.19. The van der Waals surface area contributed by atoms with Crippen molar-refractivity contribution in [3.63, 3.8) is 0 Å². The van der Waals surface area contributed by atoms with Crippen LogP contribution in [0.4, 0.5) is 15.6 Å². The summed E-state index contributed by atoms with van der Waals surface area (Å²) in [6, 6.07) is 9.90. The Morgan fingerprint density at radius 3 is 2.50 bits per heavy atom. The van der Waals surface area contributed by atoms with Crippen molar-refractivity contribution in [3.8, 4) is 23.0 Å². The van der Waals surface area contributed by atoms with Gasteiger partial charge in [-0.1, -0.05) is 11.6 Å². The number of urea groups is 1. The monoisotopic (exact) mass is 470 g/mol. The minimum atomic E-state index is -0.434. The molecule has 2 N–H and O–H groups in total. The number of hydrogen-bond donors (Lipinski definition) is 2. The Kier molecular flexibility index (Phi) is 6.29. The molecular formula is C22H19ClN4O4S. The van der Waals surface area contributed by atoms with E-state index in [2.05, 4.69) is 20.6 Å². The van der Waals surface area contributed by atoms with Gasteiger partial charge in [0.2, 0.25) is 0 Å². The molecule has 164 valence electrons. The number of anilines is 2. The molecular weight excluding hydrogens is 452 g/mol. The molecule has 0 saturated heterocycles. The first-order valence-corrected chi connectivity index (χ1v) is 10.7. The van der Waals surface area contributed by atoms with Crippen molar-refractivity contribution in [3.05, 3.63) is 58.7 Å². The molecule has 0 atom stereocenters. The number of nitrogens with zero attached hydrogens (tertiary/aromatic N) is 2. The Bertz CT molecular complexity index is 1290. The summed E-state index contributed by atoms with van der Waals surface area (Å²) >= 11 is 7.71. The van der Waals surface area contributed by atoms with Crippen molar-refractivity contribution in [1.29, 1.82) is 0 Å². The van der Waals surface area contributed by atoms with E-state index in [1.807, 2.05) is 12.3 Å². The molecule has 0 unspecified atom stereocenters. The van der Waals surface area contributed by atoms with Crippen LogP contribution in [0, 0.1) is 6.92 Å². The van der Waals surface area contributed by atoms with Crippen LogP contribution in [0.5, 0.6) is 23.0 Å². The Morgan fingerprint density at radius 1 is 1.03 bits per heavy atom. The minimum absolute atomic E-state index is 0.325. The number of aromatic nitrogens is 2. The predicted molar refractivity (Wildman–Crippen MR) is 126 cm³/mol. The molecule has 32 heavy (non-hydrogen) atoms. The lowest BCUT2D eigenvalue weighted by atomic mass is 10.2. The second-order valence-corrected chi connectivity index (χ2v) is 7.92. The summed E-state index contributed by atoms with van der Waals surface area (Å²) in [4.78, 5) is 20.8. The van der Waals surface area contributed by atoms with E-state index in [4.69, 9.17) is 25.8 Å². The van der Waals surface area contributed by atoms with Crippen LogP contribution in [0.25, 0.3) is 10.9 Å². The van der Waals surface area contributed by atoms with Crippen molar-refractivity contribution in [2.24, 2.45) is 0 Å². The number of halogens is 1. The van der Waals surface area contributed by atoms with Crippen molar-refractivity contribution < 1.29 is 19.0 Å². The fourth-order valence-corrected chi connectivity index (χ4v) is 3.89.